The SMILES string of the molecule is C=CCC1CCCCC1(c1ccc(OC)cc1)c1ccc(OC(C)=O)cc1. The molecule has 1 aliphatic rings. The summed E-state index contributed by atoms with van der Waals surface area (Å²) in [5.41, 5.74) is 2.53. The van der Waals surface area contributed by atoms with E-state index in [-0.39, 0.29) is 11.4 Å². The van der Waals surface area contributed by atoms with E-state index >= 15 is 0 Å². The Morgan fingerprint density at radius 1 is 1.07 bits per heavy atom. The van der Waals surface area contributed by atoms with Crippen molar-refractivity contribution in [2.24, 2.45) is 5.92 Å². The van der Waals surface area contributed by atoms with Crippen LogP contribution >= 0.6 is 0 Å². The molecule has 1 aliphatic carbocycles. The number of allylic oxidation sites excluding steroid dienone is 1. The van der Waals surface area contributed by atoms with Gasteiger partial charge in [0, 0.05) is 12.3 Å². The lowest BCUT2D eigenvalue weighted by atomic mass is 9.58. The van der Waals surface area contributed by atoms with E-state index in [1.54, 1.807) is 7.11 Å². The standard InChI is InChI=1S/C24H28O3/c1-4-7-19-8-5-6-17-24(19,20-9-13-22(26-3)14-10-20)21-11-15-23(16-12-21)27-18(2)25/h4,9-16,19H,1,5-8,17H2,2-3H3. The third kappa shape index (κ3) is 3.92. The molecular formula is C24H28O3. The van der Waals surface area contributed by atoms with Crippen molar-refractivity contribution in [1.29, 1.82) is 0 Å². The highest BCUT2D eigenvalue weighted by Gasteiger charge is 2.42. The Morgan fingerprint density at radius 2 is 1.67 bits per heavy atom. The van der Waals surface area contributed by atoms with Crippen molar-refractivity contribution in [3.05, 3.63) is 72.3 Å². The molecule has 27 heavy (non-hydrogen) atoms. The van der Waals surface area contributed by atoms with Gasteiger partial charge in [-0.2, -0.15) is 0 Å². The van der Waals surface area contributed by atoms with Crippen molar-refractivity contribution in [3.63, 3.8) is 0 Å². The van der Waals surface area contributed by atoms with Crippen LogP contribution in [0, 0.1) is 5.92 Å². The number of esters is 1. The number of carbonyl (C=O) groups excluding carboxylic acids is 1. The summed E-state index contributed by atoms with van der Waals surface area (Å²) >= 11 is 0. The highest BCUT2D eigenvalue weighted by molar-refractivity contribution is 5.69. The Bertz CT molecular complexity index is 776. The van der Waals surface area contributed by atoms with Gasteiger partial charge in [-0.25, -0.2) is 0 Å². The van der Waals surface area contributed by atoms with Gasteiger partial charge in [0.05, 0.1) is 7.11 Å². The maximum atomic E-state index is 11.2. The zero-order valence-electron chi connectivity index (χ0n) is 16.2. The Balaban J connectivity index is 2.08. The van der Waals surface area contributed by atoms with Gasteiger partial charge < -0.3 is 9.47 Å². The predicted molar refractivity (Wildman–Crippen MR) is 108 cm³/mol. The molecule has 1 saturated carbocycles. The van der Waals surface area contributed by atoms with Crippen LogP contribution in [-0.2, 0) is 10.2 Å². The maximum absolute atomic E-state index is 11.2. The molecule has 0 aliphatic heterocycles. The molecule has 2 atom stereocenters. The molecule has 0 bridgehead atoms. The van der Waals surface area contributed by atoms with Gasteiger partial charge in [-0.05, 0) is 60.6 Å². The van der Waals surface area contributed by atoms with Gasteiger partial charge in [0.15, 0.2) is 0 Å². The Hall–Kier alpha value is -2.55. The summed E-state index contributed by atoms with van der Waals surface area (Å²) < 4.78 is 10.6. The molecule has 0 radical (unpaired) electrons. The molecule has 0 N–H and O–H groups in total. The molecule has 0 heterocycles. The van der Waals surface area contributed by atoms with Gasteiger partial charge in [0.1, 0.15) is 11.5 Å². The van der Waals surface area contributed by atoms with Crippen molar-refractivity contribution in [1.82, 2.24) is 0 Å². The minimum atomic E-state index is -0.296. The summed E-state index contributed by atoms with van der Waals surface area (Å²) in [6.45, 7) is 5.43. The third-order valence-electron chi connectivity index (χ3n) is 5.76. The monoisotopic (exact) mass is 364 g/mol. The fraction of sp³-hybridized carbons (Fsp3) is 0.375. The quantitative estimate of drug-likeness (QED) is 0.376. The number of benzene rings is 2. The molecule has 2 aromatic carbocycles. The van der Waals surface area contributed by atoms with Gasteiger partial charge in [0.25, 0.3) is 0 Å². The fourth-order valence-corrected chi connectivity index (χ4v) is 4.57. The lowest BCUT2D eigenvalue weighted by Crippen LogP contribution is -2.39. The van der Waals surface area contributed by atoms with E-state index in [0.29, 0.717) is 11.7 Å². The van der Waals surface area contributed by atoms with E-state index in [4.69, 9.17) is 9.47 Å². The first-order chi connectivity index (χ1) is 13.1. The smallest absolute Gasteiger partial charge is 0.308 e. The van der Waals surface area contributed by atoms with Crippen LogP contribution in [0.3, 0.4) is 0 Å². The van der Waals surface area contributed by atoms with Crippen molar-refractivity contribution >= 4 is 5.97 Å². The molecular weight excluding hydrogens is 336 g/mol. The molecule has 0 aromatic heterocycles. The van der Waals surface area contributed by atoms with Crippen LogP contribution in [0.4, 0.5) is 0 Å². The van der Waals surface area contributed by atoms with Crippen LogP contribution in [0.25, 0.3) is 0 Å². The molecule has 3 rings (SSSR count). The third-order valence-corrected chi connectivity index (χ3v) is 5.76. The lowest BCUT2D eigenvalue weighted by molar-refractivity contribution is -0.131. The van der Waals surface area contributed by atoms with E-state index in [0.717, 1.165) is 18.6 Å². The topological polar surface area (TPSA) is 35.5 Å². The number of hydrogen-bond donors (Lipinski definition) is 0. The van der Waals surface area contributed by atoms with Crippen LogP contribution in [0.5, 0.6) is 11.5 Å². The van der Waals surface area contributed by atoms with Crippen molar-refractivity contribution in [2.45, 2.75) is 44.4 Å². The van der Waals surface area contributed by atoms with E-state index in [9.17, 15) is 4.79 Å². The number of ether oxygens (including phenoxy) is 2. The van der Waals surface area contributed by atoms with Gasteiger partial charge in [-0.15, -0.1) is 6.58 Å². The van der Waals surface area contributed by atoms with Gasteiger partial charge in [-0.3, -0.25) is 4.79 Å². The van der Waals surface area contributed by atoms with Crippen LogP contribution in [0.15, 0.2) is 61.2 Å². The molecule has 3 heteroatoms. The second kappa shape index (κ2) is 8.43. The van der Waals surface area contributed by atoms with Crippen molar-refractivity contribution < 1.29 is 14.3 Å². The molecule has 142 valence electrons. The Labute approximate surface area is 162 Å². The summed E-state index contributed by atoms with van der Waals surface area (Å²) in [5, 5.41) is 0. The summed E-state index contributed by atoms with van der Waals surface area (Å²) in [5.74, 6) is 1.66. The maximum Gasteiger partial charge on any atom is 0.308 e. The first-order valence-corrected chi connectivity index (χ1v) is 9.64. The second-order valence-corrected chi connectivity index (χ2v) is 7.28. The Morgan fingerprint density at radius 3 is 2.19 bits per heavy atom. The van der Waals surface area contributed by atoms with Crippen LogP contribution in [-0.4, -0.2) is 13.1 Å². The largest absolute Gasteiger partial charge is 0.497 e. The Kier molecular flexibility index (Phi) is 6.00. The zero-order valence-corrected chi connectivity index (χ0v) is 16.2. The summed E-state index contributed by atoms with van der Waals surface area (Å²) in [6, 6.07) is 16.5. The summed E-state index contributed by atoms with van der Waals surface area (Å²) in [6.07, 6.45) is 7.76. The van der Waals surface area contributed by atoms with Crippen LogP contribution in [0.2, 0.25) is 0 Å². The molecule has 0 saturated heterocycles. The molecule has 0 spiro atoms. The number of rotatable bonds is 6. The first kappa shape index (κ1) is 19.2. The zero-order chi connectivity index (χ0) is 19.3. The number of hydrogen-bond acceptors (Lipinski definition) is 3. The van der Waals surface area contributed by atoms with E-state index < -0.39 is 0 Å². The van der Waals surface area contributed by atoms with Crippen molar-refractivity contribution in [2.75, 3.05) is 7.11 Å². The molecule has 1 fully saturated rings. The predicted octanol–water partition coefficient (Wildman–Crippen LogP) is 5.67. The highest BCUT2D eigenvalue weighted by Crippen LogP contribution is 2.50. The number of carbonyl (C=O) groups is 1. The van der Waals surface area contributed by atoms with E-state index in [1.165, 1.54) is 37.3 Å². The van der Waals surface area contributed by atoms with Gasteiger partial charge in [0.2, 0.25) is 0 Å². The summed E-state index contributed by atoms with van der Waals surface area (Å²) in [4.78, 5) is 11.2. The molecule has 2 aromatic rings. The minimum absolute atomic E-state index is 0.0620. The normalized spacial score (nSPS) is 22.1. The van der Waals surface area contributed by atoms with Gasteiger partial charge in [-0.1, -0.05) is 43.2 Å². The molecule has 3 nitrogen and oxygen atoms in total. The van der Waals surface area contributed by atoms with Gasteiger partial charge >= 0.3 is 5.97 Å². The van der Waals surface area contributed by atoms with Crippen LogP contribution < -0.4 is 9.47 Å². The molecule has 2 unspecified atom stereocenters. The molecule has 0 amide bonds. The second-order valence-electron chi connectivity index (χ2n) is 7.28. The fourth-order valence-electron chi connectivity index (χ4n) is 4.57. The van der Waals surface area contributed by atoms with Crippen LogP contribution in [0.1, 0.15) is 50.2 Å². The highest BCUT2D eigenvalue weighted by atomic mass is 16.5. The lowest BCUT2D eigenvalue weighted by Gasteiger charge is -2.45. The minimum Gasteiger partial charge on any atom is -0.497 e. The van der Waals surface area contributed by atoms with Crippen molar-refractivity contribution in [3.8, 4) is 11.5 Å². The number of methoxy groups -OCH3 is 1. The average Bonchev–Trinajstić information content (AvgIpc) is 2.69. The summed E-state index contributed by atoms with van der Waals surface area (Å²) in [7, 11) is 1.69. The first-order valence-electron chi connectivity index (χ1n) is 9.64. The van der Waals surface area contributed by atoms with E-state index in [2.05, 4.69) is 30.8 Å². The van der Waals surface area contributed by atoms with E-state index in [1.807, 2.05) is 30.3 Å². The average molecular weight is 364 g/mol.